The number of imidazole rings is 1. The first-order valence-electron chi connectivity index (χ1n) is 6.52. The van der Waals surface area contributed by atoms with Crippen molar-refractivity contribution in [3.05, 3.63) is 59.4 Å². The van der Waals surface area contributed by atoms with Gasteiger partial charge in [-0.2, -0.15) is 0 Å². The predicted octanol–water partition coefficient (Wildman–Crippen LogP) is 3.72. The van der Waals surface area contributed by atoms with Crippen molar-refractivity contribution in [2.75, 3.05) is 14.1 Å². The minimum atomic E-state index is 0.707. The lowest BCUT2D eigenvalue weighted by Gasteiger charge is -2.11. The summed E-state index contributed by atoms with van der Waals surface area (Å²) in [6, 6.07) is 14.0. The first kappa shape index (κ1) is 13.2. The maximum Gasteiger partial charge on any atom is 0.139 e. The lowest BCUT2D eigenvalue weighted by Crippen LogP contribution is -2.13. The van der Waals surface area contributed by atoms with Gasteiger partial charge in [0.05, 0.1) is 11.4 Å². The zero-order chi connectivity index (χ0) is 14.1. The molecule has 2 heterocycles. The van der Waals surface area contributed by atoms with Gasteiger partial charge >= 0.3 is 0 Å². The number of nitrogens with zero attached hydrogens (tertiary/aromatic N) is 3. The fraction of sp³-hybridized carbons (Fsp3) is 0.188. The smallest absolute Gasteiger partial charge is 0.139 e. The Morgan fingerprint density at radius 1 is 1.15 bits per heavy atom. The third-order valence-corrected chi connectivity index (χ3v) is 3.44. The van der Waals surface area contributed by atoms with Gasteiger partial charge in [0, 0.05) is 29.4 Å². The third-order valence-electron chi connectivity index (χ3n) is 3.20. The second-order valence-electron chi connectivity index (χ2n) is 5.08. The van der Waals surface area contributed by atoms with Crippen LogP contribution in [0.25, 0.3) is 16.9 Å². The number of hydrogen-bond donors (Lipinski definition) is 0. The lowest BCUT2D eigenvalue weighted by atomic mass is 10.1. The number of rotatable bonds is 3. The Bertz CT molecular complexity index is 732. The van der Waals surface area contributed by atoms with Gasteiger partial charge in [0.15, 0.2) is 0 Å². The summed E-state index contributed by atoms with van der Waals surface area (Å²) < 4.78 is 2.11. The molecule has 3 nitrogen and oxygen atoms in total. The first-order valence-corrected chi connectivity index (χ1v) is 6.89. The van der Waals surface area contributed by atoms with E-state index in [2.05, 4.69) is 35.5 Å². The molecule has 0 bridgehead atoms. The third kappa shape index (κ3) is 2.42. The van der Waals surface area contributed by atoms with Crippen molar-refractivity contribution >= 4 is 17.2 Å². The van der Waals surface area contributed by atoms with Crippen LogP contribution in [0.15, 0.2) is 48.7 Å². The monoisotopic (exact) mass is 285 g/mol. The van der Waals surface area contributed by atoms with Crippen molar-refractivity contribution in [3.63, 3.8) is 0 Å². The summed E-state index contributed by atoms with van der Waals surface area (Å²) in [5.74, 6) is 0. The highest BCUT2D eigenvalue weighted by Crippen LogP contribution is 2.26. The molecule has 0 aliphatic heterocycles. The Balaban J connectivity index is 2.24. The zero-order valence-electron chi connectivity index (χ0n) is 11.5. The van der Waals surface area contributed by atoms with Crippen molar-refractivity contribution in [1.29, 1.82) is 0 Å². The molecule has 0 aliphatic rings. The normalized spacial score (nSPS) is 11.4. The summed E-state index contributed by atoms with van der Waals surface area (Å²) in [6.45, 7) is 0.826. The molecule has 1 aromatic carbocycles. The number of benzene rings is 1. The Morgan fingerprint density at radius 3 is 2.60 bits per heavy atom. The highest BCUT2D eigenvalue weighted by molar-refractivity contribution is 6.30. The molecular weight excluding hydrogens is 270 g/mol. The van der Waals surface area contributed by atoms with E-state index in [9.17, 15) is 0 Å². The summed E-state index contributed by atoms with van der Waals surface area (Å²) in [6.07, 6.45) is 1.98. The number of pyridine rings is 1. The van der Waals surface area contributed by atoms with Gasteiger partial charge in [-0.05, 0) is 20.2 Å². The standard InChI is InChI=1S/C16H16ClN3/c1-19(2)11-14-16(12-6-4-3-5-7-12)18-15-10-13(17)8-9-20(14)15/h3-10H,11H2,1-2H3. The number of hydrogen-bond acceptors (Lipinski definition) is 2. The van der Waals surface area contributed by atoms with E-state index < -0.39 is 0 Å². The van der Waals surface area contributed by atoms with E-state index in [0.717, 1.165) is 23.4 Å². The summed E-state index contributed by atoms with van der Waals surface area (Å²) in [5.41, 5.74) is 4.20. The van der Waals surface area contributed by atoms with Gasteiger partial charge < -0.3 is 9.30 Å². The van der Waals surface area contributed by atoms with Crippen molar-refractivity contribution in [2.24, 2.45) is 0 Å². The van der Waals surface area contributed by atoms with Gasteiger partial charge in [0.2, 0.25) is 0 Å². The number of halogens is 1. The van der Waals surface area contributed by atoms with Crippen molar-refractivity contribution < 1.29 is 0 Å². The van der Waals surface area contributed by atoms with E-state index in [1.807, 2.05) is 36.5 Å². The second-order valence-corrected chi connectivity index (χ2v) is 5.52. The SMILES string of the molecule is CN(C)Cc1c(-c2ccccc2)nc2cc(Cl)ccn12. The Kier molecular flexibility index (Phi) is 3.47. The summed E-state index contributed by atoms with van der Waals surface area (Å²) in [4.78, 5) is 6.89. The van der Waals surface area contributed by atoms with Gasteiger partial charge in [0.1, 0.15) is 5.65 Å². The van der Waals surface area contributed by atoms with Crippen LogP contribution >= 0.6 is 11.6 Å². The van der Waals surface area contributed by atoms with Crippen molar-refractivity contribution in [1.82, 2.24) is 14.3 Å². The molecule has 0 amide bonds. The van der Waals surface area contributed by atoms with Gasteiger partial charge in [-0.15, -0.1) is 0 Å². The van der Waals surface area contributed by atoms with Crippen LogP contribution in [0.5, 0.6) is 0 Å². The van der Waals surface area contributed by atoms with Crippen molar-refractivity contribution in [3.8, 4) is 11.3 Å². The van der Waals surface area contributed by atoms with Crippen molar-refractivity contribution in [2.45, 2.75) is 6.54 Å². The molecule has 0 radical (unpaired) electrons. The molecule has 0 fully saturated rings. The highest BCUT2D eigenvalue weighted by atomic mass is 35.5. The van der Waals surface area contributed by atoms with Gasteiger partial charge in [-0.25, -0.2) is 4.98 Å². The molecule has 0 atom stereocenters. The maximum atomic E-state index is 6.07. The zero-order valence-corrected chi connectivity index (χ0v) is 12.3. The molecule has 20 heavy (non-hydrogen) atoms. The van der Waals surface area contributed by atoms with Gasteiger partial charge in [-0.1, -0.05) is 41.9 Å². The molecule has 0 aliphatic carbocycles. The molecule has 0 saturated heterocycles. The van der Waals surface area contributed by atoms with E-state index >= 15 is 0 Å². The molecule has 4 heteroatoms. The molecular formula is C16H16ClN3. The van der Waals surface area contributed by atoms with Gasteiger partial charge in [-0.3, -0.25) is 0 Å². The van der Waals surface area contributed by atoms with Gasteiger partial charge in [0.25, 0.3) is 0 Å². The van der Waals surface area contributed by atoms with Crippen LogP contribution in [-0.4, -0.2) is 28.4 Å². The molecule has 0 unspecified atom stereocenters. The topological polar surface area (TPSA) is 20.5 Å². The largest absolute Gasteiger partial charge is 0.304 e. The van der Waals surface area contributed by atoms with E-state index in [1.165, 1.54) is 5.69 Å². The molecule has 3 rings (SSSR count). The fourth-order valence-electron chi connectivity index (χ4n) is 2.35. The predicted molar refractivity (Wildman–Crippen MR) is 83.0 cm³/mol. The van der Waals surface area contributed by atoms with E-state index in [-0.39, 0.29) is 0 Å². The minimum Gasteiger partial charge on any atom is -0.304 e. The van der Waals surface area contributed by atoms with Crippen LogP contribution in [0.4, 0.5) is 0 Å². The molecule has 0 saturated carbocycles. The Labute approximate surface area is 123 Å². The average Bonchev–Trinajstić information content (AvgIpc) is 2.77. The quantitative estimate of drug-likeness (QED) is 0.731. The first-order chi connectivity index (χ1) is 9.65. The second kappa shape index (κ2) is 5.27. The highest BCUT2D eigenvalue weighted by Gasteiger charge is 2.14. The van der Waals surface area contributed by atoms with Crippen LogP contribution in [0.2, 0.25) is 5.02 Å². The Hall–Kier alpha value is -1.84. The Morgan fingerprint density at radius 2 is 1.90 bits per heavy atom. The van der Waals surface area contributed by atoms with Crippen LogP contribution in [-0.2, 0) is 6.54 Å². The fourth-order valence-corrected chi connectivity index (χ4v) is 2.50. The summed E-state index contributed by atoms with van der Waals surface area (Å²) >= 11 is 6.07. The molecule has 3 aromatic rings. The molecule has 102 valence electrons. The van der Waals surface area contributed by atoms with Crippen LogP contribution in [0.3, 0.4) is 0 Å². The van der Waals surface area contributed by atoms with Crippen LogP contribution in [0, 0.1) is 0 Å². The minimum absolute atomic E-state index is 0.707. The lowest BCUT2D eigenvalue weighted by molar-refractivity contribution is 0.396. The molecule has 0 N–H and O–H groups in total. The average molecular weight is 286 g/mol. The van der Waals surface area contributed by atoms with Crippen LogP contribution in [0.1, 0.15) is 5.69 Å². The number of fused-ring (bicyclic) bond motifs is 1. The van der Waals surface area contributed by atoms with E-state index in [1.54, 1.807) is 0 Å². The maximum absolute atomic E-state index is 6.07. The molecule has 0 spiro atoms. The summed E-state index contributed by atoms with van der Waals surface area (Å²) in [5, 5.41) is 0.707. The van der Waals surface area contributed by atoms with Crippen LogP contribution < -0.4 is 0 Å². The van der Waals surface area contributed by atoms with E-state index in [4.69, 9.17) is 16.6 Å². The summed E-state index contributed by atoms with van der Waals surface area (Å²) in [7, 11) is 4.12. The number of aromatic nitrogens is 2. The molecule has 2 aromatic heterocycles. The van der Waals surface area contributed by atoms with E-state index in [0.29, 0.717) is 5.02 Å².